The van der Waals surface area contributed by atoms with Gasteiger partial charge in [-0.25, -0.2) is 4.39 Å². The summed E-state index contributed by atoms with van der Waals surface area (Å²) in [5, 5.41) is 4.53. The van der Waals surface area contributed by atoms with Crippen molar-refractivity contribution in [2.75, 3.05) is 13.6 Å². The SMILES string of the molecule is CNC(=O)C(=O)c1cccc(F)c1C(=O)NCCCC=O. The van der Waals surface area contributed by atoms with Crippen molar-refractivity contribution >= 4 is 23.9 Å². The van der Waals surface area contributed by atoms with Crippen molar-refractivity contribution in [3.05, 3.63) is 35.1 Å². The zero-order valence-corrected chi connectivity index (χ0v) is 11.4. The van der Waals surface area contributed by atoms with E-state index < -0.39 is 29.0 Å². The Hall–Kier alpha value is -2.57. The minimum absolute atomic E-state index is 0.166. The number of ketones is 1. The molecule has 0 aromatic heterocycles. The Labute approximate surface area is 120 Å². The molecule has 2 amide bonds. The first-order valence-corrected chi connectivity index (χ1v) is 6.29. The normalized spacial score (nSPS) is 9.81. The van der Waals surface area contributed by atoms with Gasteiger partial charge in [0, 0.05) is 25.6 Å². The van der Waals surface area contributed by atoms with Crippen molar-refractivity contribution in [3.63, 3.8) is 0 Å². The summed E-state index contributed by atoms with van der Waals surface area (Å²) in [5.41, 5.74) is -0.778. The van der Waals surface area contributed by atoms with Gasteiger partial charge in [0.05, 0.1) is 5.56 Å². The highest BCUT2D eigenvalue weighted by Crippen LogP contribution is 2.14. The molecule has 7 heteroatoms. The number of benzene rings is 1. The monoisotopic (exact) mass is 294 g/mol. The van der Waals surface area contributed by atoms with Gasteiger partial charge in [0.25, 0.3) is 17.6 Å². The Bertz CT molecular complexity index is 572. The van der Waals surface area contributed by atoms with Crippen molar-refractivity contribution in [3.8, 4) is 0 Å². The summed E-state index contributed by atoms with van der Waals surface area (Å²) in [7, 11) is 1.26. The first-order chi connectivity index (χ1) is 10.0. The lowest BCUT2D eigenvalue weighted by molar-refractivity contribution is -0.116. The third-order valence-corrected chi connectivity index (χ3v) is 2.70. The van der Waals surface area contributed by atoms with Gasteiger partial charge in [0.2, 0.25) is 0 Å². The average molecular weight is 294 g/mol. The van der Waals surface area contributed by atoms with Gasteiger partial charge in [-0.05, 0) is 18.6 Å². The number of hydrogen-bond donors (Lipinski definition) is 2. The van der Waals surface area contributed by atoms with E-state index in [0.717, 1.165) is 6.07 Å². The molecule has 6 nitrogen and oxygen atoms in total. The van der Waals surface area contributed by atoms with Crippen molar-refractivity contribution in [2.24, 2.45) is 0 Å². The summed E-state index contributed by atoms with van der Waals surface area (Å²) >= 11 is 0. The summed E-state index contributed by atoms with van der Waals surface area (Å²) in [6.07, 6.45) is 1.37. The Morgan fingerprint density at radius 1 is 1.29 bits per heavy atom. The molecule has 0 aliphatic carbocycles. The second-order valence-electron chi connectivity index (χ2n) is 4.14. The second kappa shape index (κ2) is 7.88. The smallest absolute Gasteiger partial charge is 0.292 e. The van der Waals surface area contributed by atoms with Crippen molar-refractivity contribution in [1.29, 1.82) is 0 Å². The summed E-state index contributed by atoms with van der Waals surface area (Å²) in [5.74, 6) is -3.62. The number of aldehydes is 1. The largest absolute Gasteiger partial charge is 0.352 e. The van der Waals surface area contributed by atoms with E-state index in [1.54, 1.807) is 0 Å². The fourth-order valence-electron chi connectivity index (χ4n) is 1.66. The highest BCUT2D eigenvalue weighted by molar-refractivity contribution is 6.44. The summed E-state index contributed by atoms with van der Waals surface area (Å²) in [4.78, 5) is 45.3. The number of Topliss-reactive ketones (excluding diaryl/α,β-unsaturated/α-hetero) is 1. The van der Waals surface area contributed by atoms with Crippen molar-refractivity contribution in [2.45, 2.75) is 12.8 Å². The number of rotatable bonds is 7. The van der Waals surface area contributed by atoms with Crippen LogP contribution in [0.2, 0.25) is 0 Å². The number of carbonyl (C=O) groups is 4. The molecule has 112 valence electrons. The van der Waals surface area contributed by atoms with Crippen molar-refractivity contribution in [1.82, 2.24) is 10.6 Å². The van der Waals surface area contributed by atoms with E-state index in [4.69, 9.17) is 0 Å². The Morgan fingerprint density at radius 2 is 2.00 bits per heavy atom. The molecule has 1 aromatic rings. The topological polar surface area (TPSA) is 92.3 Å². The molecule has 0 aliphatic rings. The Kier molecular flexibility index (Phi) is 6.19. The molecule has 0 spiro atoms. The molecule has 2 N–H and O–H groups in total. The fraction of sp³-hybridized carbons (Fsp3) is 0.286. The lowest BCUT2D eigenvalue weighted by Crippen LogP contribution is -2.32. The van der Waals surface area contributed by atoms with Crippen LogP contribution in [0.15, 0.2) is 18.2 Å². The van der Waals surface area contributed by atoms with Crippen LogP contribution in [-0.2, 0) is 9.59 Å². The maximum Gasteiger partial charge on any atom is 0.292 e. The van der Waals surface area contributed by atoms with Gasteiger partial charge in [-0.1, -0.05) is 6.07 Å². The molecule has 21 heavy (non-hydrogen) atoms. The number of likely N-dealkylation sites (N-methyl/N-ethyl adjacent to an activating group) is 1. The molecule has 0 aliphatic heterocycles. The van der Waals surface area contributed by atoms with Crippen LogP contribution in [0.4, 0.5) is 4.39 Å². The predicted octanol–water partition coefficient (Wildman–Crippen LogP) is 0.463. The lowest BCUT2D eigenvalue weighted by atomic mass is 10.0. The molecule has 0 unspecified atom stereocenters. The minimum Gasteiger partial charge on any atom is -0.352 e. The Morgan fingerprint density at radius 3 is 2.62 bits per heavy atom. The average Bonchev–Trinajstić information content (AvgIpc) is 2.49. The van der Waals surface area contributed by atoms with Crippen LogP contribution in [0, 0.1) is 5.82 Å². The molecule has 0 radical (unpaired) electrons. The number of carbonyl (C=O) groups excluding carboxylic acids is 4. The quantitative estimate of drug-likeness (QED) is 0.331. The molecule has 0 atom stereocenters. The summed E-state index contributed by atoms with van der Waals surface area (Å²) in [6.45, 7) is 0.166. The first-order valence-electron chi connectivity index (χ1n) is 6.29. The number of nitrogens with one attached hydrogen (secondary N) is 2. The van der Waals surface area contributed by atoms with Gasteiger partial charge >= 0.3 is 0 Å². The number of hydrogen-bond acceptors (Lipinski definition) is 4. The molecule has 0 saturated heterocycles. The predicted molar refractivity (Wildman–Crippen MR) is 72.4 cm³/mol. The zero-order chi connectivity index (χ0) is 15.8. The molecular formula is C14H15FN2O4. The van der Waals surface area contributed by atoms with Gasteiger partial charge in [-0.2, -0.15) is 0 Å². The van der Waals surface area contributed by atoms with Crippen LogP contribution in [0.5, 0.6) is 0 Å². The number of amides is 2. The van der Waals surface area contributed by atoms with Crippen LogP contribution in [0.1, 0.15) is 33.6 Å². The first kappa shape index (κ1) is 16.5. The van der Waals surface area contributed by atoms with E-state index in [9.17, 15) is 23.6 Å². The van der Waals surface area contributed by atoms with E-state index in [1.807, 2.05) is 0 Å². The van der Waals surface area contributed by atoms with Crippen LogP contribution >= 0.6 is 0 Å². The van der Waals surface area contributed by atoms with Gasteiger partial charge in [-0.15, -0.1) is 0 Å². The van der Waals surface area contributed by atoms with Crippen LogP contribution < -0.4 is 10.6 Å². The Balaban J connectivity index is 2.99. The lowest BCUT2D eigenvalue weighted by Gasteiger charge is -2.09. The molecule has 1 rings (SSSR count). The second-order valence-corrected chi connectivity index (χ2v) is 4.14. The maximum absolute atomic E-state index is 13.8. The molecule has 0 bridgehead atoms. The summed E-state index contributed by atoms with van der Waals surface area (Å²) < 4.78 is 13.8. The minimum atomic E-state index is -0.991. The number of halogens is 1. The van der Waals surface area contributed by atoms with Crippen LogP contribution in [0.25, 0.3) is 0 Å². The maximum atomic E-state index is 13.8. The third-order valence-electron chi connectivity index (χ3n) is 2.70. The standard InChI is InChI=1S/C14H15FN2O4/c1-16-14(21)12(19)9-5-4-6-10(15)11(9)13(20)17-7-2-3-8-18/h4-6,8H,2-3,7H2,1H3,(H,16,21)(H,17,20). The van der Waals surface area contributed by atoms with E-state index in [0.29, 0.717) is 12.7 Å². The van der Waals surface area contributed by atoms with Crippen LogP contribution in [-0.4, -0.2) is 37.5 Å². The van der Waals surface area contributed by atoms with E-state index in [2.05, 4.69) is 10.6 Å². The van der Waals surface area contributed by atoms with E-state index >= 15 is 0 Å². The highest BCUT2D eigenvalue weighted by Gasteiger charge is 2.24. The van der Waals surface area contributed by atoms with E-state index in [1.165, 1.54) is 19.2 Å². The van der Waals surface area contributed by atoms with Gasteiger partial charge in [0.15, 0.2) is 0 Å². The zero-order valence-electron chi connectivity index (χ0n) is 11.4. The molecule has 1 aromatic carbocycles. The molecule has 0 saturated carbocycles. The summed E-state index contributed by atoms with van der Waals surface area (Å²) in [6, 6.07) is 3.48. The van der Waals surface area contributed by atoms with Gasteiger partial charge in [-0.3, -0.25) is 14.4 Å². The van der Waals surface area contributed by atoms with Crippen LogP contribution in [0.3, 0.4) is 0 Å². The number of unbranched alkanes of at least 4 members (excludes halogenated alkanes) is 1. The highest BCUT2D eigenvalue weighted by atomic mass is 19.1. The van der Waals surface area contributed by atoms with Gasteiger partial charge < -0.3 is 15.4 Å². The van der Waals surface area contributed by atoms with Gasteiger partial charge in [0.1, 0.15) is 12.1 Å². The van der Waals surface area contributed by atoms with E-state index in [-0.39, 0.29) is 18.5 Å². The van der Waals surface area contributed by atoms with Crippen molar-refractivity contribution < 1.29 is 23.6 Å². The molecular weight excluding hydrogens is 279 g/mol. The molecule has 0 heterocycles. The molecule has 0 fully saturated rings. The third kappa shape index (κ3) is 4.20. The fourth-order valence-corrected chi connectivity index (χ4v) is 1.66.